The number of primary amides is 1. The van der Waals surface area contributed by atoms with Crippen molar-refractivity contribution < 1.29 is 78.0 Å². The number of rotatable bonds is 19. The predicted molar refractivity (Wildman–Crippen MR) is 270 cm³/mol. The standard InChI is InChI=1S/C46H48F6N6O5.C9H14F3NO3/c1-45(2,46(50,51)52)43(56-44(61)62-3)40(59)17-31(41(60)22-53-21-36-37(48)15-30(16-38(36)49)39-18-32(47)12-13-54-39)14-28-7-4-27(5-8-28)6-9-29-10-11-42(55-20-29)57-23-33-19-34(24-57)58(33)35-25-63-26-35;1-8(2,9(10,11)12)5(7(13)15)4-6(14)16-3/h4-5,7-8,10-13,15-16,18,20,31,33-35,41,43,53,60H,14,17,19,21-26H2,1-3H3,(H,56,61);5H,4H2,1-3H3,(H2,13,15)/t31-,33?,34?,41+,43-;5-/m11/s1. The highest BCUT2D eigenvalue weighted by Crippen LogP contribution is 2.45. The van der Waals surface area contributed by atoms with Crippen LogP contribution in [0.15, 0.2) is 73.1 Å². The number of aliphatic hydroxyl groups excluding tert-OH is 1. The van der Waals surface area contributed by atoms with Crippen LogP contribution in [0.25, 0.3) is 11.3 Å². The molecule has 428 valence electrons. The van der Waals surface area contributed by atoms with Gasteiger partial charge in [-0.1, -0.05) is 37.8 Å². The van der Waals surface area contributed by atoms with Crippen LogP contribution in [0, 0.1) is 52.0 Å². The van der Waals surface area contributed by atoms with Crippen molar-refractivity contribution in [1.82, 2.24) is 25.5 Å². The number of fused-ring (bicyclic) bond motifs is 2. The largest absolute Gasteiger partial charge is 0.469 e. The molecule has 79 heavy (non-hydrogen) atoms. The van der Waals surface area contributed by atoms with E-state index in [9.17, 15) is 55.0 Å². The SMILES string of the molecule is COC(=O)C[C@H](C(N)=O)C(C)(C)C(F)(F)F.COC(=O)N[C@H](C(=O)C[C@@H](Cc1ccc(C#Cc2ccc(N3CC4CC(C3)N4C3COC3)nc2)cc1)[C@@H](O)CNCc1c(F)cc(-c2cc(F)ccn2)cc1F)C(C)(C)C(F)(F)F. The number of pyridine rings is 2. The predicted octanol–water partition coefficient (Wildman–Crippen LogP) is 7.44. The third-order valence-corrected chi connectivity index (χ3v) is 14.8. The number of methoxy groups -OCH3 is 2. The van der Waals surface area contributed by atoms with Crippen molar-refractivity contribution in [2.45, 2.75) is 103 Å². The number of hydrogen-bond donors (Lipinski definition) is 4. The molecule has 4 aliphatic heterocycles. The minimum Gasteiger partial charge on any atom is -0.469 e. The van der Waals surface area contributed by atoms with Crippen LogP contribution in [-0.4, -0.2) is 133 Å². The molecule has 6 heterocycles. The number of alkyl carbamates (subject to hydrolysis) is 1. The minimum absolute atomic E-state index is 0.00287. The first-order valence-electron chi connectivity index (χ1n) is 25.1. The van der Waals surface area contributed by atoms with Gasteiger partial charge in [0.05, 0.1) is 68.4 Å². The molecule has 2 aromatic carbocycles. The fraction of sp³-hybridized carbons (Fsp3) is 0.491. The van der Waals surface area contributed by atoms with Crippen molar-refractivity contribution >= 4 is 29.6 Å². The van der Waals surface area contributed by atoms with Crippen LogP contribution in [0.2, 0.25) is 0 Å². The van der Waals surface area contributed by atoms with Crippen LogP contribution in [0.4, 0.5) is 50.1 Å². The second-order valence-corrected chi connectivity index (χ2v) is 20.8. The zero-order chi connectivity index (χ0) is 58.2. The van der Waals surface area contributed by atoms with Gasteiger partial charge in [0.2, 0.25) is 5.91 Å². The van der Waals surface area contributed by atoms with Crippen molar-refractivity contribution in [3.05, 3.63) is 113 Å². The molecule has 0 spiro atoms. The molecular formula is C55H62F9N7O8. The Bertz CT molecular complexity index is 2820. The number of ketones is 1. The normalized spacial score (nSPS) is 18.2. The number of esters is 1. The second kappa shape index (κ2) is 25.5. The summed E-state index contributed by atoms with van der Waals surface area (Å²) in [6.45, 7) is 5.91. The van der Waals surface area contributed by atoms with Gasteiger partial charge < -0.3 is 40.6 Å². The maximum atomic E-state index is 15.1. The Morgan fingerprint density at radius 1 is 0.810 bits per heavy atom. The first-order chi connectivity index (χ1) is 37.0. The van der Waals surface area contributed by atoms with Crippen LogP contribution < -0.4 is 21.3 Å². The molecule has 2 aromatic heterocycles. The van der Waals surface area contributed by atoms with E-state index in [1.54, 1.807) is 30.5 Å². The topological polar surface area (TPSA) is 199 Å². The highest BCUT2D eigenvalue weighted by atomic mass is 19.4. The monoisotopic (exact) mass is 1120 g/mol. The zero-order valence-corrected chi connectivity index (χ0v) is 44.1. The smallest absolute Gasteiger partial charge is 0.407 e. The van der Waals surface area contributed by atoms with Crippen LogP contribution in [0.5, 0.6) is 0 Å². The number of carbonyl (C=O) groups excluding carboxylic acids is 4. The molecule has 24 heteroatoms. The van der Waals surface area contributed by atoms with Gasteiger partial charge in [0.25, 0.3) is 0 Å². The molecule has 2 bridgehead atoms. The van der Waals surface area contributed by atoms with E-state index in [1.807, 2.05) is 17.4 Å². The number of piperidine rings is 1. The lowest BCUT2D eigenvalue weighted by Gasteiger charge is -2.60. The number of nitrogens with one attached hydrogen (secondary N) is 2. The lowest BCUT2D eigenvalue weighted by atomic mass is 9.76. The number of aliphatic hydroxyl groups is 1. The molecule has 4 aromatic rings. The van der Waals surface area contributed by atoms with Gasteiger partial charge in [0, 0.05) is 85.4 Å². The Labute approximate surface area is 450 Å². The van der Waals surface area contributed by atoms with Crippen molar-refractivity contribution in [3.8, 4) is 23.1 Å². The number of halogens is 9. The number of piperazine rings is 1. The first kappa shape index (κ1) is 61.4. The highest BCUT2D eigenvalue weighted by molar-refractivity contribution is 5.88. The Balaban J connectivity index is 0.000000546. The Morgan fingerprint density at radius 2 is 1.42 bits per heavy atom. The summed E-state index contributed by atoms with van der Waals surface area (Å²) in [5, 5.41) is 16.2. The first-order valence-corrected chi connectivity index (χ1v) is 25.1. The van der Waals surface area contributed by atoms with Gasteiger partial charge in [-0.25, -0.2) is 22.9 Å². The van der Waals surface area contributed by atoms with Crippen LogP contribution >= 0.6 is 0 Å². The molecule has 15 nitrogen and oxygen atoms in total. The molecule has 4 saturated heterocycles. The van der Waals surface area contributed by atoms with Crippen molar-refractivity contribution in [3.63, 3.8) is 0 Å². The molecule has 2 amide bonds. The van der Waals surface area contributed by atoms with Gasteiger partial charge in [-0.15, -0.1) is 0 Å². The number of Topliss-reactive ketones (excluding diaryl/α,β-unsaturated/α-hetero) is 1. The molecule has 0 aliphatic carbocycles. The van der Waals surface area contributed by atoms with E-state index in [1.165, 1.54) is 6.42 Å². The average Bonchev–Trinajstić information content (AvgIpc) is 3.47. The summed E-state index contributed by atoms with van der Waals surface area (Å²) >= 11 is 0. The summed E-state index contributed by atoms with van der Waals surface area (Å²) in [5.41, 5.74) is 1.37. The number of aromatic nitrogens is 2. The molecule has 8 rings (SSSR count). The van der Waals surface area contributed by atoms with Gasteiger partial charge >= 0.3 is 24.4 Å². The number of anilines is 1. The Morgan fingerprint density at radius 3 is 1.94 bits per heavy atom. The summed E-state index contributed by atoms with van der Waals surface area (Å²) in [5.74, 6) is -1.22. The van der Waals surface area contributed by atoms with Crippen molar-refractivity contribution in [1.29, 1.82) is 0 Å². The van der Waals surface area contributed by atoms with Gasteiger partial charge in [0.15, 0.2) is 5.78 Å². The van der Waals surface area contributed by atoms with Gasteiger partial charge in [-0.3, -0.25) is 24.3 Å². The second-order valence-electron chi connectivity index (χ2n) is 20.8. The average molecular weight is 1120 g/mol. The highest BCUT2D eigenvalue weighted by Gasteiger charge is 2.56. The number of nitrogens with two attached hydrogens (primary N) is 1. The van der Waals surface area contributed by atoms with Gasteiger partial charge in [-0.2, -0.15) is 26.3 Å². The van der Waals surface area contributed by atoms with E-state index in [0.29, 0.717) is 34.8 Å². The summed E-state index contributed by atoms with van der Waals surface area (Å²) in [6, 6.07) is 14.4. The zero-order valence-electron chi connectivity index (χ0n) is 44.1. The number of nitrogens with zero attached hydrogens (tertiary/aromatic N) is 4. The Hall–Kier alpha value is -6.81. The molecule has 0 radical (unpaired) electrons. The molecule has 4 aliphatic rings. The third kappa shape index (κ3) is 15.1. The lowest BCUT2D eigenvalue weighted by Crippen LogP contribution is -2.74. The maximum Gasteiger partial charge on any atom is 0.407 e. The van der Waals surface area contributed by atoms with E-state index in [4.69, 9.17) is 10.5 Å². The minimum atomic E-state index is -4.92. The quantitative estimate of drug-likeness (QED) is 0.0411. The molecule has 6 atom stereocenters. The van der Waals surface area contributed by atoms with Crippen molar-refractivity contribution in [2.75, 3.05) is 52.0 Å². The van der Waals surface area contributed by atoms with Crippen molar-refractivity contribution in [2.24, 2.45) is 28.4 Å². The van der Waals surface area contributed by atoms with E-state index < -0.39 is 113 Å². The van der Waals surface area contributed by atoms with E-state index >= 15 is 8.78 Å². The molecule has 5 N–H and O–H groups in total. The number of benzene rings is 2. The molecule has 4 fully saturated rings. The molecule has 2 unspecified atom stereocenters. The molecular weight excluding hydrogens is 1060 g/mol. The van der Waals surface area contributed by atoms with Crippen LogP contribution in [0.1, 0.15) is 69.2 Å². The van der Waals surface area contributed by atoms with E-state index in [-0.39, 0.29) is 24.2 Å². The fourth-order valence-electron chi connectivity index (χ4n) is 9.51. The maximum absolute atomic E-state index is 15.1. The number of amides is 2. The van der Waals surface area contributed by atoms with Gasteiger partial charge in [0.1, 0.15) is 29.3 Å². The summed E-state index contributed by atoms with van der Waals surface area (Å²) in [7, 11) is 1.98. The third-order valence-electron chi connectivity index (χ3n) is 14.8. The number of carbonyl (C=O) groups is 4. The summed E-state index contributed by atoms with van der Waals surface area (Å²) < 4.78 is 139. The Kier molecular flexibility index (Phi) is 19.8. The van der Waals surface area contributed by atoms with Crippen LogP contribution in [-0.2, 0) is 41.6 Å². The van der Waals surface area contributed by atoms with E-state index in [2.05, 4.69) is 46.4 Å². The number of hydrogen-bond acceptors (Lipinski definition) is 13. The van der Waals surface area contributed by atoms with Gasteiger partial charge in [-0.05, 0) is 80.6 Å². The fourth-order valence-corrected chi connectivity index (χ4v) is 9.51. The summed E-state index contributed by atoms with van der Waals surface area (Å²) in [4.78, 5) is 61.2. The molecule has 0 saturated carbocycles. The summed E-state index contributed by atoms with van der Waals surface area (Å²) in [6.07, 6.45) is -9.44. The van der Waals surface area contributed by atoms with E-state index in [0.717, 1.165) is 104 Å². The number of alkyl halides is 6. The van der Waals surface area contributed by atoms with Crippen LogP contribution in [0.3, 0.4) is 0 Å². The number of ether oxygens (including phenoxy) is 3. The lowest BCUT2D eigenvalue weighted by molar-refractivity contribution is -0.229.